The van der Waals surface area contributed by atoms with Crippen LogP contribution >= 0.6 is 0 Å². The molecule has 0 aromatic carbocycles. The lowest BCUT2D eigenvalue weighted by atomic mass is 9.47. The molecular formula is C45H72O16. The summed E-state index contributed by atoms with van der Waals surface area (Å²) in [6, 6.07) is 0. The highest BCUT2D eigenvalue weighted by atomic mass is 16.8. The molecule has 26 atom stereocenters. The zero-order valence-electron chi connectivity index (χ0n) is 36.5. The van der Waals surface area contributed by atoms with Crippen LogP contribution in [-0.2, 0) is 37.9 Å². The molecule has 9 rings (SSSR count). The van der Waals surface area contributed by atoms with Crippen molar-refractivity contribution in [3.63, 3.8) is 0 Å². The van der Waals surface area contributed by atoms with E-state index in [0.717, 1.165) is 45.1 Å². The van der Waals surface area contributed by atoms with Crippen LogP contribution in [0, 0.1) is 46.3 Å². The molecule has 9 aliphatic rings. The van der Waals surface area contributed by atoms with E-state index in [2.05, 4.69) is 33.8 Å². The molecule has 5 saturated heterocycles. The summed E-state index contributed by atoms with van der Waals surface area (Å²) in [5.74, 6) is 2.64. The van der Waals surface area contributed by atoms with Gasteiger partial charge in [-0.1, -0.05) is 39.3 Å². The number of ether oxygens (including phenoxy) is 8. The molecule has 0 bridgehead atoms. The fourth-order valence-corrected chi connectivity index (χ4v) is 14.0. The number of aliphatic hydroxyl groups is 8. The van der Waals surface area contributed by atoms with Gasteiger partial charge in [-0.05, 0) is 106 Å². The average molecular weight is 869 g/mol. The Balaban J connectivity index is 0.916. The number of rotatable bonds is 7. The van der Waals surface area contributed by atoms with Gasteiger partial charge in [0.15, 0.2) is 24.7 Å². The molecule has 4 aliphatic carbocycles. The lowest BCUT2D eigenvalue weighted by Gasteiger charge is -2.58. The van der Waals surface area contributed by atoms with Crippen molar-refractivity contribution < 1.29 is 78.7 Å². The van der Waals surface area contributed by atoms with Crippen molar-refractivity contribution in [1.29, 1.82) is 0 Å². The van der Waals surface area contributed by atoms with Gasteiger partial charge < -0.3 is 78.7 Å². The Morgan fingerprint density at radius 2 is 1.34 bits per heavy atom. The van der Waals surface area contributed by atoms with E-state index in [-0.39, 0.29) is 23.0 Å². The third-order valence-electron chi connectivity index (χ3n) is 17.6. The maximum atomic E-state index is 12.0. The molecule has 348 valence electrons. The minimum absolute atomic E-state index is 0.0171. The zero-order chi connectivity index (χ0) is 43.5. The molecule has 6 unspecified atom stereocenters. The Hall–Kier alpha value is -0.900. The van der Waals surface area contributed by atoms with Gasteiger partial charge >= 0.3 is 0 Å². The molecule has 1 spiro atoms. The molecule has 16 nitrogen and oxygen atoms in total. The van der Waals surface area contributed by atoms with E-state index in [4.69, 9.17) is 37.9 Å². The monoisotopic (exact) mass is 868 g/mol. The first kappa shape index (κ1) is 45.3. The van der Waals surface area contributed by atoms with Gasteiger partial charge in [-0.2, -0.15) is 0 Å². The predicted molar refractivity (Wildman–Crippen MR) is 213 cm³/mol. The third kappa shape index (κ3) is 7.42. The Labute approximate surface area is 358 Å². The summed E-state index contributed by atoms with van der Waals surface area (Å²) in [7, 11) is 0. The minimum atomic E-state index is -1.71. The van der Waals surface area contributed by atoms with Crippen molar-refractivity contribution in [2.75, 3.05) is 13.2 Å². The van der Waals surface area contributed by atoms with Crippen LogP contribution < -0.4 is 0 Å². The Kier molecular flexibility index (Phi) is 12.4. The lowest BCUT2D eigenvalue weighted by molar-refractivity contribution is -0.388. The van der Waals surface area contributed by atoms with Gasteiger partial charge in [0.25, 0.3) is 0 Å². The van der Waals surface area contributed by atoms with Gasteiger partial charge in [0, 0.05) is 12.3 Å². The maximum absolute atomic E-state index is 12.0. The maximum Gasteiger partial charge on any atom is 0.187 e. The van der Waals surface area contributed by atoms with E-state index in [1.165, 1.54) is 25.8 Å². The molecule has 8 fully saturated rings. The van der Waals surface area contributed by atoms with Crippen LogP contribution in [0.4, 0.5) is 0 Å². The SMILES string of the molecule is C[C@@H]1CCC2(OC1)OC1CC3C4CC=C5C[C@@H](O[C@@H]6O[C@H](CO)[C@@H](O[C@@H]7O[C@@H](C)[C@H](O)[C@@H](O)[C@H]7O)[C@H](O)[C@H]6O[C@@H]6O[C@@H](C)[C@H](O)[C@@H](O)[C@H]6O)CC[C@]5(C)C4CC[C@]3(C)C1[C@@H]2C. The van der Waals surface area contributed by atoms with Crippen LogP contribution in [0.25, 0.3) is 0 Å². The molecule has 16 heteroatoms. The highest BCUT2D eigenvalue weighted by Gasteiger charge is 2.69. The van der Waals surface area contributed by atoms with E-state index in [1.807, 2.05) is 0 Å². The first-order valence-electron chi connectivity index (χ1n) is 23.2. The van der Waals surface area contributed by atoms with Gasteiger partial charge in [0.1, 0.15) is 61.0 Å². The van der Waals surface area contributed by atoms with Crippen molar-refractivity contribution in [2.45, 2.75) is 209 Å². The standard InChI is InChI=1S/C45H72O16/c1-19-9-14-45(54-18-19)20(2)30-28(61-45)16-27-25-8-7-23-15-24(10-12-43(23,5)26(25)11-13-44(27,30)6)57-42-39(60-41-36(52)34(50)32(48)22(4)56-41)37(53)38(29(17-46)58-42)59-40-35(51)33(49)31(47)21(3)55-40/h7,19-22,24-42,46-53H,8-18H2,1-6H3/t19-,20+,21+,22+,24+,25?,26?,27?,28?,29-,30?,31+,32+,33-,34-,35-,36-,37+,38-,39-,40+,41+,42-,43+,44+,45?/m1/s1. The van der Waals surface area contributed by atoms with Gasteiger partial charge in [-0.3, -0.25) is 0 Å². The van der Waals surface area contributed by atoms with E-state index in [1.54, 1.807) is 0 Å². The van der Waals surface area contributed by atoms with E-state index >= 15 is 0 Å². The fraction of sp³-hybridized carbons (Fsp3) is 0.956. The second kappa shape index (κ2) is 16.8. The summed E-state index contributed by atoms with van der Waals surface area (Å²) in [4.78, 5) is 0. The molecule has 8 N–H and O–H groups in total. The van der Waals surface area contributed by atoms with Crippen LogP contribution in [-0.4, -0.2) is 164 Å². The van der Waals surface area contributed by atoms with Crippen molar-refractivity contribution in [1.82, 2.24) is 0 Å². The Morgan fingerprint density at radius 1 is 0.689 bits per heavy atom. The highest BCUT2D eigenvalue weighted by Crippen LogP contribution is 2.70. The smallest absolute Gasteiger partial charge is 0.187 e. The van der Waals surface area contributed by atoms with E-state index in [0.29, 0.717) is 48.3 Å². The summed E-state index contributed by atoms with van der Waals surface area (Å²) >= 11 is 0. The predicted octanol–water partition coefficient (Wildman–Crippen LogP) is 1.24. The number of fused-ring (bicyclic) bond motifs is 7. The summed E-state index contributed by atoms with van der Waals surface area (Å²) in [5, 5.41) is 85.9. The second-order valence-electron chi connectivity index (χ2n) is 21.1. The zero-order valence-corrected chi connectivity index (χ0v) is 36.5. The first-order chi connectivity index (χ1) is 28.9. The molecule has 3 saturated carbocycles. The van der Waals surface area contributed by atoms with Gasteiger partial charge in [0.2, 0.25) is 0 Å². The quantitative estimate of drug-likeness (QED) is 0.168. The summed E-state index contributed by atoms with van der Waals surface area (Å²) in [5.41, 5.74) is 1.53. The number of hydrogen-bond acceptors (Lipinski definition) is 16. The van der Waals surface area contributed by atoms with Crippen LogP contribution in [0.2, 0.25) is 0 Å². The van der Waals surface area contributed by atoms with Gasteiger partial charge in [0.05, 0.1) is 37.6 Å². The number of hydrogen-bond donors (Lipinski definition) is 8. The summed E-state index contributed by atoms with van der Waals surface area (Å²) < 4.78 is 50.1. The summed E-state index contributed by atoms with van der Waals surface area (Å²) in [6.07, 6.45) is -10.4. The van der Waals surface area contributed by atoms with Crippen molar-refractivity contribution in [3.05, 3.63) is 11.6 Å². The van der Waals surface area contributed by atoms with Crippen LogP contribution in [0.15, 0.2) is 11.6 Å². The number of allylic oxidation sites excluding steroid dienone is 1. The van der Waals surface area contributed by atoms with Crippen LogP contribution in [0.5, 0.6) is 0 Å². The van der Waals surface area contributed by atoms with Crippen LogP contribution in [0.3, 0.4) is 0 Å². The average Bonchev–Trinajstić information content (AvgIpc) is 3.69. The molecular weight excluding hydrogens is 796 g/mol. The normalized spacial score (nSPS) is 58.4. The molecule has 0 aromatic rings. The van der Waals surface area contributed by atoms with Gasteiger partial charge in [-0.15, -0.1) is 0 Å². The fourth-order valence-electron chi connectivity index (χ4n) is 14.0. The van der Waals surface area contributed by atoms with Crippen LogP contribution in [0.1, 0.15) is 99.3 Å². The van der Waals surface area contributed by atoms with E-state index < -0.39 is 105 Å². The number of aliphatic hydroxyl groups excluding tert-OH is 8. The lowest BCUT2D eigenvalue weighted by Crippen LogP contribution is -2.66. The van der Waals surface area contributed by atoms with Crippen molar-refractivity contribution in [2.24, 2.45) is 46.3 Å². The topological polar surface area (TPSA) is 236 Å². The molecule has 5 aliphatic heterocycles. The summed E-state index contributed by atoms with van der Waals surface area (Å²) in [6.45, 7) is 12.7. The van der Waals surface area contributed by atoms with Crippen molar-refractivity contribution >= 4 is 0 Å². The highest BCUT2D eigenvalue weighted by molar-refractivity contribution is 5.26. The first-order valence-corrected chi connectivity index (χ1v) is 23.2. The second-order valence-corrected chi connectivity index (χ2v) is 21.1. The molecule has 0 amide bonds. The van der Waals surface area contributed by atoms with Gasteiger partial charge in [-0.25, -0.2) is 0 Å². The molecule has 0 aromatic heterocycles. The Morgan fingerprint density at radius 3 is 1.97 bits per heavy atom. The largest absolute Gasteiger partial charge is 0.394 e. The molecule has 0 radical (unpaired) electrons. The van der Waals surface area contributed by atoms with E-state index in [9.17, 15) is 40.9 Å². The molecule has 61 heavy (non-hydrogen) atoms. The Bertz CT molecular complexity index is 1590. The minimum Gasteiger partial charge on any atom is -0.394 e. The molecule has 5 heterocycles. The third-order valence-corrected chi connectivity index (χ3v) is 17.6. The van der Waals surface area contributed by atoms with Crippen molar-refractivity contribution in [3.8, 4) is 0 Å².